The standard InChI is InChI=1S/C61H78BN3S/c1-55(2,3)38-24-22-37(23-25-38)53-63-52-54(66-53)65(46-32-42(59(13,14)15)29-43(33-46)60(16,17)18)50-36-44(61(19,20)21)35-49-51(50)62(52)47-34-39(56(4,5)6)26-27-48(47)64(49)45-30-40(57(7,8)9)28-41(31-45)58(10,11)12/h22-36H,1-21H3. The van der Waals surface area contributed by atoms with E-state index < -0.39 is 0 Å². The summed E-state index contributed by atoms with van der Waals surface area (Å²) in [5, 5.41) is 2.26. The molecule has 8 rings (SSSR count). The van der Waals surface area contributed by atoms with Gasteiger partial charge in [-0.1, -0.05) is 205 Å². The van der Waals surface area contributed by atoms with Crippen molar-refractivity contribution in [1.29, 1.82) is 0 Å². The van der Waals surface area contributed by atoms with E-state index in [4.69, 9.17) is 4.98 Å². The zero-order chi connectivity index (χ0) is 48.6. The van der Waals surface area contributed by atoms with E-state index in [0.29, 0.717) is 0 Å². The maximum atomic E-state index is 5.87. The molecule has 0 bridgehead atoms. The summed E-state index contributed by atoms with van der Waals surface area (Å²) in [7, 11) is 0. The Bertz CT molecular complexity index is 2780. The molecular formula is C61H78BN3S. The van der Waals surface area contributed by atoms with Crippen LogP contribution >= 0.6 is 11.3 Å². The fourth-order valence-corrected chi connectivity index (χ4v) is 10.7. The molecule has 0 fully saturated rings. The van der Waals surface area contributed by atoms with Gasteiger partial charge in [0.1, 0.15) is 10.0 Å². The predicted octanol–water partition coefficient (Wildman–Crippen LogP) is 16.0. The second-order valence-corrected chi connectivity index (χ2v) is 27.9. The molecule has 0 N–H and O–H groups in total. The summed E-state index contributed by atoms with van der Waals surface area (Å²) in [6.07, 6.45) is 0. The van der Waals surface area contributed by atoms with Gasteiger partial charge < -0.3 is 9.80 Å². The smallest absolute Gasteiger partial charge is 0.276 e. The first-order valence-corrected chi connectivity index (χ1v) is 25.3. The highest BCUT2D eigenvalue weighted by molar-refractivity contribution is 7.22. The Morgan fingerprint density at radius 3 is 1.18 bits per heavy atom. The fourth-order valence-electron chi connectivity index (χ4n) is 9.51. The summed E-state index contributed by atoms with van der Waals surface area (Å²) in [5.74, 6) is 0. The number of nitrogens with zero attached hydrogens (tertiary/aromatic N) is 3. The Hall–Kier alpha value is -4.61. The molecule has 0 unspecified atom stereocenters. The van der Waals surface area contributed by atoms with E-state index in [1.165, 1.54) is 83.3 Å². The lowest BCUT2D eigenvalue weighted by Gasteiger charge is -2.44. The summed E-state index contributed by atoms with van der Waals surface area (Å²) < 4.78 is 0. The molecule has 3 nitrogen and oxygen atoms in total. The molecule has 346 valence electrons. The number of hydrogen-bond acceptors (Lipinski definition) is 4. The van der Waals surface area contributed by atoms with Crippen molar-refractivity contribution in [1.82, 2.24) is 4.98 Å². The van der Waals surface area contributed by atoms with E-state index in [2.05, 4.69) is 246 Å². The maximum Gasteiger partial charge on any atom is 0.276 e. The number of aromatic nitrogens is 1. The van der Waals surface area contributed by atoms with Crippen LogP contribution in [-0.2, 0) is 37.9 Å². The van der Waals surface area contributed by atoms with Crippen LogP contribution < -0.4 is 26.3 Å². The Labute approximate surface area is 404 Å². The molecule has 0 radical (unpaired) electrons. The number of rotatable bonds is 3. The lowest BCUT2D eigenvalue weighted by molar-refractivity contribution is 0.568. The maximum absolute atomic E-state index is 5.87. The first-order chi connectivity index (χ1) is 30.1. The summed E-state index contributed by atoms with van der Waals surface area (Å²) in [5.41, 5.74) is 20.1. The first-order valence-electron chi connectivity index (χ1n) is 24.5. The van der Waals surface area contributed by atoms with Gasteiger partial charge in [0.25, 0.3) is 6.71 Å². The first kappa shape index (κ1) is 47.9. The van der Waals surface area contributed by atoms with Crippen LogP contribution in [0.3, 0.4) is 0 Å². The third-order valence-corrected chi connectivity index (χ3v) is 15.2. The van der Waals surface area contributed by atoms with E-state index in [-0.39, 0.29) is 44.6 Å². The molecule has 0 aliphatic carbocycles. The number of benzene rings is 5. The topological polar surface area (TPSA) is 19.4 Å². The molecule has 3 heterocycles. The normalized spacial score (nSPS) is 14.7. The quantitative estimate of drug-likeness (QED) is 0.165. The minimum absolute atomic E-state index is 0.0451. The lowest BCUT2D eigenvalue weighted by atomic mass is 9.35. The number of hydrogen-bond donors (Lipinski definition) is 0. The van der Waals surface area contributed by atoms with Crippen LogP contribution in [0.5, 0.6) is 0 Å². The van der Waals surface area contributed by atoms with E-state index in [1.54, 1.807) is 0 Å². The highest BCUT2D eigenvalue weighted by Crippen LogP contribution is 2.50. The van der Waals surface area contributed by atoms with Crippen LogP contribution in [0.25, 0.3) is 10.6 Å². The van der Waals surface area contributed by atoms with Crippen LogP contribution in [0.1, 0.15) is 184 Å². The van der Waals surface area contributed by atoms with Crippen LogP contribution in [-0.4, -0.2) is 11.7 Å². The van der Waals surface area contributed by atoms with Crippen molar-refractivity contribution in [3.8, 4) is 10.6 Å². The molecule has 5 heteroatoms. The van der Waals surface area contributed by atoms with Gasteiger partial charge in [0.05, 0.1) is 5.59 Å². The van der Waals surface area contributed by atoms with Gasteiger partial charge in [-0.15, -0.1) is 0 Å². The van der Waals surface area contributed by atoms with Gasteiger partial charge in [-0.2, -0.15) is 0 Å². The van der Waals surface area contributed by atoms with Crippen LogP contribution in [0, 0.1) is 0 Å². The number of anilines is 6. The summed E-state index contributed by atoms with van der Waals surface area (Å²) in [4.78, 5) is 11.1. The fraction of sp³-hybridized carbons (Fsp3) is 0.459. The molecule has 0 amide bonds. The highest BCUT2D eigenvalue weighted by Gasteiger charge is 2.47. The van der Waals surface area contributed by atoms with Gasteiger partial charge in [0.2, 0.25) is 0 Å². The van der Waals surface area contributed by atoms with Gasteiger partial charge in [0, 0.05) is 34.0 Å². The molecule has 0 spiro atoms. The summed E-state index contributed by atoms with van der Waals surface area (Å²) in [6.45, 7) is 49.2. The van der Waals surface area contributed by atoms with Crippen molar-refractivity contribution in [2.45, 2.75) is 183 Å². The SMILES string of the molecule is CC(C)(C)c1ccc(-c2nc3c(s2)N(c2cc(C(C)(C)C)cc(C(C)(C)C)c2)c2cc(C(C)(C)C)cc4c2B3c2cc(C(C)(C)C)ccc2N4c2cc(C(C)(C)C)cc(C(C)(C)C)c2)cc1. The molecule has 0 saturated heterocycles. The third kappa shape index (κ3) is 8.72. The van der Waals surface area contributed by atoms with Gasteiger partial charge in [-0.25, -0.2) is 4.98 Å². The summed E-state index contributed by atoms with van der Waals surface area (Å²) in [6, 6.07) is 36.4. The molecule has 5 aromatic carbocycles. The summed E-state index contributed by atoms with van der Waals surface area (Å²) >= 11 is 1.85. The Kier molecular flexibility index (Phi) is 11.2. The van der Waals surface area contributed by atoms with Crippen molar-refractivity contribution < 1.29 is 0 Å². The second-order valence-electron chi connectivity index (χ2n) is 26.9. The molecule has 0 saturated carbocycles. The largest absolute Gasteiger partial charge is 0.311 e. The molecule has 1 aromatic heterocycles. The van der Waals surface area contributed by atoms with Crippen LogP contribution in [0.2, 0.25) is 0 Å². The Morgan fingerprint density at radius 1 is 0.379 bits per heavy atom. The van der Waals surface area contributed by atoms with Crippen molar-refractivity contribution in [2.75, 3.05) is 9.80 Å². The molecule has 2 aliphatic heterocycles. The molecule has 66 heavy (non-hydrogen) atoms. The van der Waals surface area contributed by atoms with Crippen molar-refractivity contribution in [2.24, 2.45) is 0 Å². The highest BCUT2D eigenvalue weighted by atomic mass is 32.1. The minimum Gasteiger partial charge on any atom is -0.311 e. The monoisotopic (exact) mass is 896 g/mol. The number of thiazole rings is 1. The van der Waals surface area contributed by atoms with Crippen LogP contribution in [0.15, 0.2) is 91.0 Å². The average Bonchev–Trinajstić information content (AvgIpc) is 3.62. The van der Waals surface area contributed by atoms with Gasteiger partial charge >= 0.3 is 0 Å². The lowest BCUT2D eigenvalue weighted by Crippen LogP contribution is -2.62. The average molecular weight is 896 g/mol. The molecular weight excluding hydrogens is 818 g/mol. The van der Waals surface area contributed by atoms with Crippen molar-refractivity contribution in [3.05, 3.63) is 130 Å². The van der Waals surface area contributed by atoms with E-state index in [0.717, 1.165) is 16.2 Å². The van der Waals surface area contributed by atoms with Gasteiger partial charge in [-0.05, 0) is 130 Å². The molecule has 2 aliphatic rings. The van der Waals surface area contributed by atoms with Crippen molar-refractivity contribution in [3.63, 3.8) is 0 Å². The molecule has 6 aromatic rings. The second kappa shape index (κ2) is 15.5. The predicted molar refractivity (Wildman–Crippen MR) is 292 cm³/mol. The van der Waals surface area contributed by atoms with Gasteiger partial charge in [0.15, 0.2) is 0 Å². The number of fused-ring (bicyclic) bond motifs is 4. The Morgan fingerprint density at radius 2 is 0.758 bits per heavy atom. The van der Waals surface area contributed by atoms with Gasteiger partial charge in [-0.3, -0.25) is 0 Å². The third-order valence-electron chi connectivity index (χ3n) is 14.1. The van der Waals surface area contributed by atoms with E-state index >= 15 is 0 Å². The Balaban J connectivity index is 1.55. The van der Waals surface area contributed by atoms with Crippen molar-refractivity contribution >= 4 is 68.0 Å². The zero-order valence-corrected chi connectivity index (χ0v) is 45.3. The zero-order valence-electron chi connectivity index (χ0n) is 44.5. The minimum atomic E-state index is -0.129. The van der Waals surface area contributed by atoms with E-state index in [9.17, 15) is 0 Å². The molecule has 0 atom stereocenters. The van der Waals surface area contributed by atoms with Crippen LogP contribution in [0.4, 0.5) is 33.4 Å². The van der Waals surface area contributed by atoms with E-state index in [1.807, 2.05) is 11.3 Å².